The van der Waals surface area contributed by atoms with Crippen molar-refractivity contribution in [3.63, 3.8) is 0 Å². The Morgan fingerprint density at radius 3 is 2.12 bits per heavy atom. The molecular formula is C34H33F4NO. The number of aryl methyl sites for hydroxylation is 3. The number of fused-ring (bicyclic) bond motifs is 1. The van der Waals surface area contributed by atoms with Gasteiger partial charge in [-0.3, -0.25) is 0 Å². The third-order valence-electron chi connectivity index (χ3n) is 7.23. The molecule has 0 bridgehead atoms. The van der Waals surface area contributed by atoms with Crippen LogP contribution in [0.5, 0.6) is 5.75 Å². The van der Waals surface area contributed by atoms with E-state index in [-0.39, 0.29) is 29.1 Å². The van der Waals surface area contributed by atoms with Gasteiger partial charge in [0.2, 0.25) is 0 Å². The van der Waals surface area contributed by atoms with Crippen LogP contribution in [0, 0.1) is 34.6 Å². The molecule has 208 valence electrons. The van der Waals surface area contributed by atoms with E-state index in [1.165, 1.54) is 30.7 Å². The molecule has 0 N–H and O–H groups in total. The van der Waals surface area contributed by atoms with Crippen LogP contribution < -0.4 is 4.74 Å². The van der Waals surface area contributed by atoms with Gasteiger partial charge in [0.25, 0.3) is 0 Å². The Balaban J connectivity index is 1.37. The molecule has 0 saturated carbocycles. The molecule has 0 unspecified atom stereocenters. The zero-order chi connectivity index (χ0) is 28.5. The molecule has 4 aromatic rings. The summed E-state index contributed by atoms with van der Waals surface area (Å²) in [4.78, 5) is 0. The maximum Gasteiger partial charge on any atom is 0.141 e. The second-order valence-electron chi connectivity index (χ2n) is 10.1. The lowest BCUT2D eigenvalue weighted by Crippen LogP contribution is -2.03. The van der Waals surface area contributed by atoms with Crippen molar-refractivity contribution in [3.8, 4) is 11.8 Å². The number of rotatable bonds is 13. The summed E-state index contributed by atoms with van der Waals surface area (Å²) < 4.78 is 64.0. The van der Waals surface area contributed by atoms with Gasteiger partial charge in [-0.05, 0) is 66.3 Å². The Labute approximate surface area is 233 Å². The Kier molecular flexibility index (Phi) is 10.2. The first-order valence-electron chi connectivity index (χ1n) is 13.9. The van der Waals surface area contributed by atoms with Crippen molar-refractivity contribution in [2.45, 2.75) is 64.7 Å². The molecule has 0 aliphatic rings. The molecule has 4 aromatic carbocycles. The highest BCUT2D eigenvalue weighted by atomic mass is 19.1. The summed E-state index contributed by atoms with van der Waals surface area (Å²) in [5.74, 6) is -1.96. The van der Waals surface area contributed by atoms with Crippen molar-refractivity contribution in [1.29, 1.82) is 5.26 Å². The van der Waals surface area contributed by atoms with Gasteiger partial charge >= 0.3 is 0 Å². The van der Waals surface area contributed by atoms with Gasteiger partial charge in [0.1, 0.15) is 35.1 Å². The maximum atomic E-state index is 15.2. The molecular weight excluding hydrogens is 514 g/mol. The second-order valence-corrected chi connectivity index (χ2v) is 10.1. The SMILES string of the molecule is CCCCCCCOc1cc(F)c(CCc2ccc3c(F)c(CCc4ccc(C#N)c(F)c4)ccc3c2)c(F)c1. The first kappa shape index (κ1) is 29.1. The van der Waals surface area contributed by atoms with Crippen LogP contribution in [0.15, 0.2) is 60.7 Å². The van der Waals surface area contributed by atoms with Gasteiger partial charge in [0.15, 0.2) is 0 Å². The predicted octanol–water partition coefficient (Wildman–Crippen LogP) is 9.19. The van der Waals surface area contributed by atoms with Crippen LogP contribution in [0.3, 0.4) is 0 Å². The van der Waals surface area contributed by atoms with Crippen molar-refractivity contribution in [1.82, 2.24) is 0 Å². The summed E-state index contributed by atoms with van der Waals surface area (Å²) in [7, 11) is 0. The first-order valence-corrected chi connectivity index (χ1v) is 13.9. The topological polar surface area (TPSA) is 33.0 Å². The number of ether oxygens (including phenoxy) is 1. The van der Waals surface area contributed by atoms with Crippen LogP contribution in [0.2, 0.25) is 0 Å². The lowest BCUT2D eigenvalue weighted by atomic mass is 9.97. The van der Waals surface area contributed by atoms with Crippen LogP contribution in [0.1, 0.15) is 66.8 Å². The molecule has 4 rings (SSSR count). The van der Waals surface area contributed by atoms with Gasteiger partial charge in [-0.25, -0.2) is 17.6 Å². The molecule has 0 saturated heterocycles. The Morgan fingerprint density at radius 2 is 1.40 bits per heavy atom. The monoisotopic (exact) mass is 547 g/mol. The minimum Gasteiger partial charge on any atom is -0.493 e. The lowest BCUT2D eigenvalue weighted by molar-refractivity contribution is 0.301. The normalized spacial score (nSPS) is 11.1. The first-order chi connectivity index (χ1) is 19.4. The number of unbranched alkanes of at least 4 members (excludes halogenated alkanes) is 4. The maximum absolute atomic E-state index is 15.2. The van der Waals surface area contributed by atoms with E-state index in [0.29, 0.717) is 47.8 Å². The van der Waals surface area contributed by atoms with Crippen molar-refractivity contribution >= 4 is 10.8 Å². The van der Waals surface area contributed by atoms with Gasteiger partial charge in [-0.15, -0.1) is 0 Å². The average molecular weight is 548 g/mol. The summed E-state index contributed by atoms with van der Waals surface area (Å²) >= 11 is 0. The standard InChI is InChI=1S/C34H33F4NO/c1-2-3-4-5-6-17-40-28-20-32(36)30(33(37)21-28)16-10-23-9-15-29-26(18-23)14-13-25(34(29)38)11-7-24-8-12-27(22-39)31(35)19-24/h8-9,12-15,18-21H,2-7,10-11,16-17H2,1H3. The minimum absolute atomic E-state index is 0.0103. The molecule has 6 heteroatoms. The Bertz CT molecular complexity index is 1490. The molecule has 0 atom stereocenters. The molecule has 0 fully saturated rings. The van der Waals surface area contributed by atoms with Gasteiger partial charge in [0.05, 0.1) is 12.2 Å². The summed E-state index contributed by atoms with van der Waals surface area (Å²) in [6.07, 6.45) is 6.73. The fourth-order valence-electron chi connectivity index (χ4n) is 4.89. The van der Waals surface area contributed by atoms with Crippen molar-refractivity contribution in [2.24, 2.45) is 0 Å². The van der Waals surface area contributed by atoms with E-state index in [9.17, 15) is 13.2 Å². The predicted molar refractivity (Wildman–Crippen MR) is 150 cm³/mol. The highest BCUT2D eigenvalue weighted by Gasteiger charge is 2.14. The molecule has 0 spiro atoms. The van der Waals surface area contributed by atoms with E-state index in [2.05, 4.69) is 6.92 Å². The van der Waals surface area contributed by atoms with Crippen LogP contribution >= 0.6 is 0 Å². The summed E-state index contributed by atoms with van der Waals surface area (Å²) in [6, 6.07) is 17.5. The minimum atomic E-state index is -0.625. The van der Waals surface area contributed by atoms with Crippen molar-refractivity contribution in [3.05, 3.63) is 112 Å². The average Bonchev–Trinajstić information content (AvgIpc) is 2.94. The Hall–Kier alpha value is -3.85. The zero-order valence-corrected chi connectivity index (χ0v) is 22.7. The van der Waals surface area contributed by atoms with E-state index in [4.69, 9.17) is 10.00 Å². The number of nitriles is 1. The van der Waals surface area contributed by atoms with Gasteiger partial charge in [0, 0.05) is 23.1 Å². The van der Waals surface area contributed by atoms with Gasteiger partial charge in [-0.1, -0.05) is 69.0 Å². The van der Waals surface area contributed by atoms with Crippen molar-refractivity contribution < 1.29 is 22.3 Å². The van der Waals surface area contributed by atoms with Crippen LogP contribution in [-0.2, 0) is 25.7 Å². The highest BCUT2D eigenvalue weighted by molar-refractivity contribution is 5.84. The van der Waals surface area contributed by atoms with E-state index < -0.39 is 17.5 Å². The molecule has 0 amide bonds. The summed E-state index contributed by atoms with van der Waals surface area (Å²) in [5.41, 5.74) is 2.04. The largest absolute Gasteiger partial charge is 0.493 e. The smallest absolute Gasteiger partial charge is 0.141 e. The molecule has 0 aromatic heterocycles. The number of halogens is 4. The molecule has 0 aliphatic heterocycles. The summed E-state index contributed by atoms with van der Waals surface area (Å²) in [5, 5.41) is 10.0. The van der Waals surface area contributed by atoms with E-state index >= 15 is 4.39 Å². The molecule has 2 nitrogen and oxygen atoms in total. The van der Waals surface area contributed by atoms with Crippen LogP contribution in [-0.4, -0.2) is 6.61 Å². The van der Waals surface area contributed by atoms with E-state index in [1.54, 1.807) is 30.3 Å². The highest BCUT2D eigenvalue weighted by Crippen LogP contribution is 2.26. The third-order valence-corrected chi connectivity index (χ3v) is 7.23. The second kappa shape index (κ2) is 14.0. The fraction of sp³-hybridized carbons (Fsp3) is 0.324. The molecule has 40 heavy (non-hydrogen) atoms. The number of nitrogens with zero attached hydrogens (tertiary/aromatic N) is 1. The van der Waals surface area contributed by atoms with Crippen molar-refractivity contribution in [2.75, 3.05) is 6.61 Å². The quantitative estimate of drug-likeness (QED) is 0.123. The molecule has 0 aliphatic carbocycles. The van der Waals surface area contributed by atoms with E-state index in [0.717, 1.165) is 31.2 Å². The zero-order valence-electron chi connectivity index (χ0n) is 22.7. The summed E-state index contributed by atoms with van der Waals surface area (Å²) in [6.45, 7) is 2.58. The van der Waals surface area contributed by atoms with Crippen LogP contribution in [0.4, 0.5) is 17.6 Å². The molecule has 0 heterocycles. The number of hydrogen-bond donors (Lipinski definition) is 0. The van der Waals surface area contributed by atoms with Gasteiger partial charge in [-0.2, -0.15) is 5.26 Å². The lowest BCUT2D eigenvalue weighted by Gasteiger charge is -2.11. The van der Waals surface area contributed by atoms with Crippen LogP contribution in [0.25, 0.3) is 10.8 Å². The number of hydrogen-bond acceptors (Lipinski definition) is 2. The van der Waals surface area contributed by atoms with E-state index in [1.807, 2.05) is 12.1 Å². The molecule has 0 radical (unpaired) electrons. The van der Waals surface area contributed by atoms with Gasteiger partial charge < -0.3 is 4.74 Å². The number of benzene rings is 4. The third kappa shape index (κ3) is 7.41. The fourth-order valence-corrected chi connectivity index (χ4v) is 4.89. The Morgan fingerprint density at radius 1 is 0.700 bits per heavy atom.